The molecule has 162 valence electrons. The van der Waals surface area contributed by atoms with Gasteiger partial charge in [-0.1, -0.05) is 6.07 Å². The first-order valence-electron chi connectivity index (χ1n) is 10.2. The summed E-state index contributed by atoms with van der Waals surface area (Å²) < 4.78 is 11.0. The molecule has 0 radical (unpaired) electrons. The van der Waals surface area contributed by atoms with Gasteiger partial charge in [-0.2, -0.15) is 0 Å². The molecule has 0 aromatic heterocycles. The fourth-order valence-electron chi connectivity index (χ4n) is 3.57. The number of carbonyl (C=O) groups is 1. The molecule has 1 aromatic carbocycles. The summed E-state index contributed by atoms with van der Waals surface area (Å²) in [5.41, 5.74) is 1.31. The number of carbonyl (C=O) groups excluding carboxylic acids is 1. The van der Waals surface area contributed by atoms with Crippen LogP contribution in [0.25, 0.3) is 0 Å². The molecule has 1 amide bonds. The van der Waals surface area contributed by atoms with E-state index in [1.807, 2.05) is 43.7 Å². The van der Waals surface area contributed by atoms with E-state index in [0.717, 1.165) is 49.9 Å². The van der Waals surface area contributed by atoms with Crippen molar-refractivity contribution >= 4 is 35.8 Å². The lowest BCUT2D eigenvalue weighted by molar-refractivity contribution is -0.131. The van der Waals surface area contributed by atoms with Crippen molar-refractivity contribution in [3.05, 3.63) is 23.8 Å². The van der Waals surface area contributed by atoms with Crippen LogP contribution in [0.2, 0.25) is 0 Å². The van der Waals surface area contributed by atoms with Crippen LogP contribution in [0, 0.1) is 0 Å². The first-order chi connectivity index (χ1) is 13.5. The SMILES string of the molecule is CCNC(=NCC1(c2ccc3c(c2)OCO3)CC1)N(C)CC(=O)N(CC)CC.I. The molecule has 1 aromatic rings. The highest BCUT2D eigenvalue weighted by Gasteiger charge is 2.45. The Morgan fingerprint density at radius 1 is 1.17 bits per heavy atom. The van der Waals surface area contributed by atoms with E-state index >= 15 is 0 Å². The molecular weight excluding hydrogens is 483 g/mol. The van der Waals surface area contributed by atoms with E-state index in [1.165, 1.54) is 5.56 Å². The second-order valence-corrected chi connectivity index (χ2v) is 7.44. The first kappa shape index (κ1) is 23.6. The van der Waals surface area contributed by atoms with Crippen molar-refractivity contribution < 1.29 is 14.3 Å². The molecule has 1 N–H and O–H groups in total. The highest BCUT2D eigenvalue weighted by atomic mass is 127. The smallest absolute Gasteiger partial charge is 0.242 e. The van der Waals surface area contributed by atoms with Crippen LogP contribution in [0.5, 0.6) is 11.5 Å². The van der Waals surface area contributed by atoms with E-state index in [0.29, 0.717) is 19.9 Å². The van der Waals surface area contributed by atoms with Gasteiger partial charge in [-0.3, -0.25) is 9.79 Å². The van der Waals surface area contributed by atoms with E-state index in [2.05, 4.69) is 17.4 Å². The summed E-state index contributed by atoms with van der Waals surface area (Å²) in [4.78, 5) is 21.1. The van der Waals surface area contributed by atoms with Crippen LogP contribution in [0.1, 0.15) is 39.2 Å². The van der Waals surface area contributed by atoms with E-state index in [1.54, 1.807) is 0 Å². The van der Waals surface area contributed by atoms with Crippen molar-refractivity contribution in [1.82, 2.24) is 15.1 Å². The number of nitrogens with zero attached hydrogens (tertiary/aromatic N) is 3. The van der Waals surface area contributed by atoms with Gasteiger partial charge in [-0.15, -0.1) is 24.0 Å². The van der Waals surface area contributed by atoms with Gasteiger partial charge in [0.1, 0.15) is 0 Å². The van der Waals surface area contributed by atoms with Gasteiger partial charge in [0.2, 0.25) is 12.7 Å². The molecule has 1 fully saturated rings. The van der Waals surface area contributed by atoms with Gasteiger partial charge in [-0.05, 0) is 51.3 Å². The van der Waals surface area contributed by atoms with Crippen LogP contribution in [0.4, 0.5) is 0 Å². The number of hydrogen-bond acceptors (Lipinski definition) is 4. The first-order valence-corrected chi connectivity index (χ1v) is 10.2. The average molecular weight is 516 g/mol. The molecule has 0 bridgehead atoms. The maximum absolute atomic E-state index is 12.4. The Kier molecular flexibility index (Phi) is 8.42. The molecule has 3 rings (SSSR count). The fourth-order valence-corrected chi connectivity index (χ4v) is 3.57. The van der Waals surface area contributed by atoms with Gasteiger partial charge in [0, 0.05) is 32.1 Å². The zero-order valence-electron chi connectivity index (χ0n) is 17.9. The summed E-state index contributed by atoms with van der Waals surface area (Å²) in [5.74, 6) is 2.53. The minimum absolute atomic E-state index is 0. The number of benzene rings is 1. The van der Waals surface area contributed by atoms with Crippen molar-refractivity contribution in [2.24, 2.45) is 4.99 Å². The number of guanidine groups is 1. The Hall–Kier alpha value is -1.71. The van der Waals surface area contributed by atoms with Crippen LogP contribution >= 0.6 is 24.0 Å². The van der Waals surface area contributed by atoms with E-state index < -0.39 is 0 Å². The van der Waals surface area contributed by atoms with E-state index in [-0.39, 0.29) is 35.3 Å². The van der Waals surface area contributed by atoms with Crippen LogP contribution < -0.4 is 14.8 Å². The summed E-state index contributed by atoms with van der Waals surface area (Å²) in [5, 5.41) is 3.32. The molecule has 29 heavy (non-hydrogen) atoms. The summed E-state index contributed by atoms with van der Waals surface area (Å²) >= 11 is 0. The molecule has 7 nitrogen and oxygen atoms in total. The maximum atomic E-state index is 12.4. The van der Waals surface area contributed by atoms with Gasteiger partial charge in [-0.25, -0.2) is 0 Å². The predicted octanol–water partition coefficient (Wildman–Crippen LogP) is 2.83. The summed E-state index contributed by atoms with van der Waals surface area (Å²) in [6.07, 6.45) is 2.22. The second kappa shape index (κ2) is 10.4. The molecular formula is C21H33IN4O3. The second-order valence-electron chi connectivity index (χ2n) is 7.44. The average Bonchev–Trinajstić information content (AvgIpc) is 3.33. The normalized spacial score (nSPS) is 16.1. The molecule has 2 aliphatic rings. The number of aliphatic imine (C=N–C) groups is 1. The molecule has 0 unspecified atom stereocenters. The minimum Gasteiger partial charge on any atom is -0.454 e. The van der Waals surface area contributed by atoms with Crippen LogP contribution in [-0.2, 0) is 10.2 Å². The molecule has 1 aliphatic carbocycles. The van der Waals surface area contributed by atoms with Gasteiger partial charge in [0.05, 0.1) is 13.1 Å². The minimum atomic E-state index is 0. The van der Waals surface area contributed by atoms with Crippen molar-refractivity contribution in [3.8, 4) is 11.5 Å². The molecule has 0 spiro atoms. The third-order valence-corrected chi connectivity index (χ3v) is 5.56. The van der Waals surface area contributed by atoms with Gasteiger partial charge < -0.3 is 24.6 Å². The lowest BCUT2D eigenvalue weighted by atomic mass is 9.96. The van der Waals surface area contributed by atoms with E-state index in [9.17, 15) is 4.79 Å². The quantitative estimate of drug-likeness (QED) is 0.327. The van der Waals surface area contributed by atoms with Crippen LogP contribution in [-0.4, -0.2) is 68.2 Å². The highest BCUT2D eigenvalue weighted by molar-refractivity contribution is 14.0. The molecule has 1 aliphatic heterocycles. The van der Waals surface area contributed by atoms with Crippen molar-refractivity contribution in [3.63, 3.8) is 0 Å². The fraction of sp³-hybridized carbons (Fsp3) is 0.619. The molecule has 0 saturated heterocycles. The van der Waals surface area contributed by atoms with Crippen LogP contribution in [0.15, 0.2) is 23.2 Å². The zero-order chi connectivity index (χ0) is 20.1. The number of rotatable bonds is 8. The standard InChI is InChI=1S/C21H32N4O3.HI/c1-5-22-20(24(4)13-19(26)25(6-2)7-3)23-14-21(10-11-21)16-8-9-17-18(12-16)28-15-27-17;/h8-9,12H,5-7,10-11,13-15H2,1-4H3,(H,22,23);1H. The molecule has 8 heteroatoms. The summed E-state index contributed by atoms with van der Waals surface area (Å²) in [7, 11) is 1.92. The molecule has 1 saturated carbocycles. The molecule has 1 heterocycles. The number of hydrogen-bond donors (Lipinski definition) is 1. The number of fused-ring (bicyclic) bond motifs is 1. The Morgan fingerprint density at radius 2 is 1.86 bits per heavy atom. The largest absolute Gasteiger partial charge is 0.454 e. The topological polar surface area (TPSA) is 66.4 Å². The number of ether oxygens (including phenoxy) is 2. The van der Waals surface area contributed by atoms with Gasteiger partial charge >= 0.3 is 0 Å². The highest BCUT2D eigenvalue weighted by Crippen LogP contribution is 2.50. The lowest BCUT2D eigenvalue weighted by Gasteiger charge is -2.26. The monoisotopic (exact) mass is 516 g/mol. The summed E-state index contributed by atoms with van der Waals surface area (Å²) in [6.45, 7) is 9.57. The number of nitrogens with one attached hydrogen (secondary N) is 1. The zero-order valence-corrected chi connectivity index (χ0v) is 20.2. The molecule has 0 atom stereocenters. The third-order valence-electron chi connectivity index (χ3n) is 5.56. The van der Waals surface area contributed by atoms with Gasteiger partial charge in [0.15, 0.2) is 17.5 Å². The van der Waals surface area contributed by atoms with Crippen molar-refractivity contribution in [2.75, 3.05) is 46.6 Å². The Labute approximate surface area is 190 Å². The van der Waals surface area contributed by atoms with Crippen LogP contribution in [0.3, 0.4) is 0 Å². The number of amides is 1. The van der Waals surface area contributed by atoms with Gasteiger partial charge in [0.25, 0.3) is 0 Å². The number of halogens is 1. The summed E-state index contributed by atoms with van der Waals surface area (Å²) in [6, 6.07) is 6.20. The third kappa shape index (κ3) is 5.46. The predicted molar refractivity (Wildman–Crippen MR) is 125 cm³/mol. The van der Waals surface area contributed by atoms with E-state index in [4.69, 9.17) is 14.5 Å². The maximum Gasteiger partial charge on any atom is 0.242 e. The van der Waals surface area contributed by atoms with Crippen molar-refractivity contribution in [2.45, 2.75) is 39.0 Å². The number of likely N-dealkylation sites (N-methyl/N-ethyl adjacent to an activating group) is 2. The lowest BCUT2D eigenvalue weighted by Crippen LogP contribution is -2.46. The Morgan fingerprint density at radius 3 is 2.48 bits per heavy atom. The Balaban J connectivity index is 0.00000300. The Bertz CT molecular complexity index is 733. The van der Waals surface area contributed by atoms with Crippen molar-refractivity contribution in [1.29, 1.82) is 0 Å².